The number of halogens is 1. The summed E-state index contributed by atoms with van der Waals surface area (Å²) in [5.74, 6) is -0.459. The van der Waals surface area contributed by atoms with E-state index >= 15 is 0 Å². The molecule has 0 atom stereocenters. The second-order valence-corrected chi connectivity index (χ2v) is 7.06. The molecule has 0 amide bonds. The summed E-state index contributed by atoms with van der Waals surface area (Å²) < 4.78 is 22.5. The largest absolute Gasteiger partial charge is 0.383 e. The number of aliphatic imine (C=N–C) groups is 1. The first kappa shape index (κ1) is 11.2. The molecular formula is C11H10ClNO3S. The van der Waals surface area contributed by atoms with Gasteiger partial charge >= 0.3 is 0 Å². The van der Waals surface area contributed by atoms with Gasteiger partial charge in [-0.1, -0.05) is 11.6 Å². The highest BCUT2D eigenvalue weighted by atomic mass is 35.5. The Hall–Kier alpha value is -0.910. The average Bonchev–Trinajstić information content (AvgIpc) is 2.60. The fourth-order valence-electron chi connectivity index (χ4n) is 2.44. The SMILES string of the molecule is O=S1(=O)CC(O)(c2cc(Cl)cc3c2CN=C3)C1. The van der Waals surface area contributed by atoms with Crippen LogP contribution < -0.4 is 0 Å². The molecule has 0 aromatic heterocycles. The molecule has 17 heavy (non-hydrogen) atoms. The molecule has 0 aliphatic carbocycles. The van der Waals surface area contributed by atoms with Gasteiger partial charge in [0.2, 0.25) is 0 Å². The topological polar surface area (TPSA) is 66.7 Å². The highest BCUT2D eigenvalue weighted by Crippen LogP contribution is 2.39. The maximum absolute atomic E-state index is 11.2. The molecule has 0 radical (unpaired) electrons. The third-order valence-electron chi connectivity index (χ3n) is 3.15. The van der Waals surface area contributed by atoms with Crippen molar-refractivity contribution in [2.45, 2.75) is 12.1 Å². The van der Waals surface area contributed by atoms with Crippen molar-refractivity contribution in [2.75, 3.05) is 11.5 Å². The van der Waals surface area contributed by atoms with Gasteiger partial charge in [-0.3, -0.25) is 4.99 Å². The molecule has 1 aromatic rings. The van der Waals surface area contributed by atoms with E-state index in [0.717, 1.165) is 11.1 Å². The maximum Gasteiger partial charge on any atom is 0.156 e. The molecule has 2 heterocycles. The lowest BCUT2D eigenvalue weighted by Gasteiger charge is -2.37. The number of hydrogen-bond acceptors (Lipinski definition) is 4. The molecule has 4 nitrogen and oxygen atoms in total. The summed E-state index contributed by atoms with van der Waals surface area (Å²) in [6.07, 6.45) is 1.70. The lowest BCUT2D eigenvalue weighted by Crippen LogP contribution is -2.52. The van der Waals surface area contributed by atoms with E-state index in [0.29, 0.717) is 17.1 Å². The first-order valence-electron chi connectivity index (χ1n) is 5.15. The van der Waals surface area contributed by atoms with Gasteiger partial charge in [-0.2, -0.15) is 0 Å². The van der Waals surface area contributed by atoms with Gasteiger partial charge in [0.05, 0.1) is 18.1 Å². The van der Waals surface area contributed by atoms with Crippen molar-refractivity contribution in [2.24, 2.45) is 4.99 Å². The highest BCUT2D eigenvalue weighted by molar-refractivity contribution is 7.92. The van der Waals surface area contributed by atoms with Crippen molar-refractivity contribution in [1.29, 1.82) is 0 Å². The summed E-state index contributed by atoms with van der Waals surface area (Å²) in [5.41, 5.74) is 1.06. The van der Waals surface area contributed by atoms with Crippen molar-refractivity contribution >= 4 is 27.7 Å². The molecule has 0 bridgehead atoms. The van der Waals surface area contributed by atoms with Crippen LogP contribution in [-0.2, 0) is 22.0 Å². The Bertz CT molecular complexity index is 624. The third kappa shape index (κ3) is 1.69. The van der Waals surface area contributed by atoms with E-state index in [1.165, 1.54) is 0 Å². The number of benzene rings is 1. The van der Waals surface area contributed by atoms with Gasteiger partial charge < -0.3 is 5.11 Å². The van der Waals surface area contributed by atoms with Crippen molar-refractivity contribution in [1.82, 2.24) is 0 Å². The van der Waals surface area contributed by atoms with E-state index in [2.05, 4.69) is 4.99 Å². The Morgan fingerprint density at radius 1 is 1.35 bits per heavy atom. The lowest BCUT2D eigenvalue weighted by molar-refractivity contribution is 0.0682. The molecule has 1 saturated heterocycles. The number of sulfone groups is 1. The summed E-state index contributed by atoms with van der Waals surface area (Å²) in [4.78, 5) is 4.12. The Morgan fingerprint density at radius 3 is 2.71 bits per heavy atom. The van der Waals surface area contributed by atoms with Crippen LogP contribution >= 0.6 is 11.6 Å². The molecule has 2 aliphatic rings. The Kier molecular flexibility index (Phi) is 2.18. The van der Waals surface area contributed by atoms with Crippen LogP contribution in [0.5, 0.6) is 0 Å². The Labute approximate surface area is 104 Å². The van der Waals surface area contributed by atoms with Crippen molar-refractivity contribution in [3.8, 4) is 0 Å². The van der Waals surface area contributed by atoms with Gasteiger partial charge in [-0.25, -0.2) is 8.42 Å². The summed E-state index contributed by atoms with van der Waals surface area (Å²) in [6.45, 7) is 0.476. The fourth-order valence-corrected chi connectivity index (χ4v) is 4.35. The zero-order valence-corrected chi connectivity index (χ0v) is 10.4. The van der Waals surface area contributed by atoms with E-state index in [9.17, 15) is 13.5 Å². The molecule has 0 saturated carbocycles. The van der Waals surface area contributed by atoms with Gasteiger partial charge in [-0.05, 0) is 28.8 Å². The normalized spacial score (nSPS) is 23.2. The molecular weight excluding hydrogens is 262 g/mol. The van der Waals surface area contributed by atoms with Gasteiger partial charge in [-0.15, -0.1) is 0 Å². The van der Waals surface area contributed by atoms with Crippen molar-refractivity contribution in [3.63, 3.8) is 0 Å². The predicted molar refractivity (Wildman–Crippen MR) is 65.3 cm³/mol. The molecule has 1 aromatic carbocycles. The lowest BCUT2D eigenvalue weighted by atomic mass is 9.90. The van der Waals surface area contributed by atoms with Crippen LogP contribution in [0, 0.1) is 0 Å². The third-order valence-corrected chi connectivity index (χ3v) is 5.20. The second kappa shape index (κ2) is 3.31. The molecule has 1 N–H and O–H groups in total. The highest BCUT2D eigenvalue weighted by Gasteiger charge is 2.49. The summed E-state index contributed by atoms with van der Waals surface area (Å²) in [5, 5.41) is 10.8. The molecule has 2 aliphatic heterocycles. The summed E-state index contributed by atoms with van der Waals surface area (Å²) in [6, 6.07) is 3.41. The molecule has 1 fully saturated rings. The summed E-state index contributed by atoms with van der Waals surface area (Å²) in [7, 11) is -3.10. The van der Waals surface area contributed by atoms with Crippen molar-refractivity contribution < 1.29 is 13.5 Å². The molecule has 6 heteroatoms. The monoisotopic (exact) mass is 271 g/mol. The van der Waals surface area contributed by atoms with E-state index in [4.69, 9.17) is 11.6 Å². The van der Waals surface area contributed by atoms with Crippen LogP contribution in [0.1, 0.15) is 16.7 Å². The first-order chi connectivity index (χ1) is 7.90. The van der Waals surface area contributed by atoms with Gasteiger partial charge in [0.1, 0.15) is 5.60 Å². The minimum absolute atomic E-state index is 0.229. The standard InChI is InChI=1S/C11H10ClNO3S/c12-8-1-7-3-13-4-9(7)10(2-8)11(14)5-17(15,16)6-11/h1-3,14H,4-6H2. The van der Waals surface area contributed by atoms with E-state index in [1.807, 2.05) is 0 Å². The van der Waals surface area contributed by atoms with E-state index < -0.39 is 15.4 Å². The second-order valence-electron chi connectivity index (χ2n) is 4.55. The quantitative estimate of drug-likeness (QED) is 0.825. The zero-order valence-electron chi connectivity index (χ0n) is 8.85. The molecule has 3 rings (SSSR count). The molecule has 90 valence electrons. The number of fused-ring (bicyclic) bond motifs is 1. The average molecular weight is 272 g/mol. The van der Waals surface area contributed by atoms with Gasteiger partial charge in [0.25, 0.3) is 0 Å². The summed E-state index contributed by atoms with van der Waals surface area (Å²) >= 11 is 5.96. The van der Waals surface area contributed by atoms with Crippen LogP contribution in [0.2, 0.25) is 5.02 Å². The maximum atomic E-state index is 11.2. The number of rotatable bonds is 1. The number of hydrogen-bond donors (Lipinski definition) is 1. The van der Waals surface area contributed by atoms with Crippen LogP contribution in [0.25, 0.3) is 0 Å². The van der Waals surface area contributed by atoms with E-state index in [-0.39, 0.29) is 11.5 Å². The Balaban J connectivity index is 2.12. The zero-order chi connectivity index (χ0) is 12.3. The Morgan fingerprint density at radius 2 is 2.06 bits per heavy atom. The number of aliphatic hydroxyl groups is 1. The van der Waals surface area contributed by atoms with Crippen molar-refractivity contribution in [3.05, 3.63) is 33.8 Å². The van der Waals surface area contributed by atoms with Crippen LogP contribution in [0.4, 0.5) is 0 Å². The fraction of sp³-hybridized carbons (Fsp3) is 0.364. The van der Waals surface area contributed by atoms with Gasteiger partial charge in [0, 0.05) is 11.2 Å². The predicted octanol–water partition coefficient (Wildman–Crippen LogP) is 0.889. The van der Waals surface area contributed by atoms with Crippen LogP contribution in [0.3, 0.4) is 0 Å². The van der Waals surface area contributed by atoms with E-state index in [1.54, 1.807) is 18.3 Å². The smallest absolute Gasteiger partial charge is 0.156 e. The van der Waals surface area contributed by atoms with Gasteiger partial charge in [0.15, 0.2) is 9.84 Å². The first-order valence-corrected chi connectivity index (χ1v) is 7.35. The molecule has 0 spiro atoms. The molecule has 0 unspecified atom stereocenters. The minimum atomic E-state index is -3.10. The van der Waals surface area contributed by atoms with Crippen LogP contribution in [0.15, 0.2) is 17.1 Å². The minimum Gasteiger partial charge on any atom is -0.383 e. The number of nitrogens with zero attached hydrogens (tertiary/aromatic N) is 1. The van der Waals surface area contributed by atoms with Crippen LogP contribution in [-0.4, -0.2) is 31.2 Å².